The summed E-state index contributed by atoms with van der Waals surface area (Å²) in [5.41, 5.74) is -0.159. The van der Waals surface area contributed by atoms with Gasteiger partial charge in [-0.1, -0.05) is 12.1 Å². The molecule has 0 aliphatic rings. The van der Waals surface area contributed by atoms with Crippen molar-refractivity contribution in [1.29, 1.82) is 0 Å². The Morgan fingerprint density at radius 3 is 2.14 bits per heavy atom. The van der Waals surface area contributed by atoms with Crippen molar-refractivity contribution in [3.63, 3.8) is 0 Å². The molecular weight excluding hydrogens is 400 g/mol. The minimum Gasteiger partial charge on any atom is -0.355 e. The molecule has 0 heterocycles. The van der Waals surface area contributed by atoms with Gasteiger partial charge < -0.3 is 5.32 Å². The van der Waals surface area contributed by atoms with Crippen molar-refractivity contribution in [2.75, 3.05) is 20.1 Å². The van der Waals surface area contributed by atoms with Crippen LogP contribution in [0.3, 0.4) is 0 Å². The Kier molecular flexibility index (Phi) is 6.78. The summed E-state index contributed by atoms with van der Waals surface area (Å²) >= 11 is 0. The Hall–Kier alpha value is -2.46. The van der Waals surface area contributed by atoms with E-state index in [2.05, 4.69) is 5.32 Å². The maximum atomic E-state index is 12.9. The first-order valence-electron chi connectivity index (χ1n) is 8.15. The molecule has 0 radical (unpaired) electrons. The van der Waals surface area contributed by atoms with E-state index in [1.165, 1.54) is 19.2 Å². The molecule has 0 atom stereocenters. The molecule has 1 amide bonds. The summed E-state index contributed by atoms with van der Waals surface area (Å²) in [4.78, 5) is 11.8. The molecule has 0 aliphatic carbocycles. The number of amides is 1. The molecule has 2 aromatic carbocycles. The molecule has 2 rings (SSSR count). The Balaban J connectivity index is 1.85. The van der Waals surface area contributed by atoms with Gasteiger partial charge >= 0.3 is 6.18 Å². The van der Waals surface area contributed by atoms with Crippen molar-refractivity contribution < 1.29 is 30.8 Å². The van der Waals surface area contributed by atoms with Crippen LogP contribution >= 0.6 is 0 Å². The molecule has 1 N–H and O–H groups in total. The van der Waals surface area contributed by atoms with E-state index in [0.29, 0.717) is 5.56 Å². The van der Waals surface area contributed by atoms with Gasteiger partial charge in [-0.25, -0.2) is 12.8 Å². The largest absolute Gasteiger partial charge is 0.416 e. The fraction of sp³-hybridized carbons (Fsp3) is 0.278. The van der Waals surface area contributed by atoms with Gasteiger partial charge in [-0.05, 0) is 48.4 Å². The number of sulfonamides is 1. The molecular formula is C18H18F4N2O3S. The van der Waals surface area contributed by atoms with E-state index in [0.717, 1.165) is 40.7 Å². The van der Waals surface area contributed by atoms with Crippen LogP contribution in [0.5, 0.6) is 0 Å². The van der Waals surface area contributed by atoms with Crippen LogP contribution in [-0.4, -0.2) is 38.8 Å². The quantitative estimate of drug-likeness (QED) is 0.704. The van der Waals surface area contributed by atoms with Crippen LogP contribution in [-0.2, 0) is 27.4 Å². The summed E-state index contributed by atoms with van der Waals surface area (Å²) in [7, 11) is -2.73. The lowest BCUT2D eigenvalue weighted by Crippen LogP contribution is -2.39. The normalized spacial score (nSPS) is 12.2. The van der Waals surface area contributed by atoms with Gasteiger partial charge in [0.1, 0.15) is 5.82 Å². The zero-order valence-electron chi connectivity index (χ0n) is 14.8. The van der Waals surface area contributed by atoms with Crippen molar-refractivity contribution in [3.8, 4) is 0 Å². The van der Waals surface area contributed by atoms with Crippen LogP contribution in [0.15, 0.2) is 53.4 Å². The molecule has 0 bridgehead atoms. The lowest BCUT2D eigenvalue weighted by molar-refractivity contribution is -0.137. The molecule has 0 saturated heterocycles. The van der Waals surface area contributed by atoms with E-state index in [9.17, 15) is 30.8 Å². The van der Waals surface area contributed by atoms with Gasteiger partial charge in [0.2, 0.25) is 15.9 Å². The number of rotatable bonds is 7. The average molecular weight is 418 g/mol. The van der Waals surface area contributed by atoms with Crippen molar-refractivity contribution in [3.05, 3.63) is 65.5 Å². The fourth-order valence-corrected chi connectivity index (χ4v) is 3.46. The van der Waals surface area contributed by atoms with E-state index < -0.39 is 40.0 Å². The topological polar surface area (TPSA) is 66.5 Å². The van der Waals surface area contributed by atoms with Crippen LogP contribution in [0.2, 0.25) is 0 Å². The molecule has 0 spiro atoms. The molecule has 28 heavy (non-hydrogen) atoms. The second-order valence-corrected chi connectivity index (χ2v) is 8.05. The molecule has 0 aliphatic heterocycles. The van der Waals surface area contributed by atoms with Gasteiger partial charge in [-0.15, -0.1) is 0 Å². The van der Waals surface area contributed by atoms with Crippen LogP contribution in [0, 0.1) is 5.82 Å². The predicted molar refractivity (Wildman–Crippen MR) is 94.4 cm³/mol. The number of hydrogen-bond acceptors (Lipinski definition) is 3. The minimum atomic E-state index is -4.41. The number of nitrogens with one attached hydrogen (secondary N) is 1. The molecule has 10 heteroatoms. The number of alkyl halides is 3. The van der Waals surface area contributed by atoms with Gasteiger partial charge in [0.25, 0.3) is 0 Å². The minimum absolute atomic E-state index is 0.134. The van der Waals surface area contributed by atoms with E-state index in [-0.39, 0.29) is 17.9 Å². The van der Waals surface area contributed by atoms with E-state index >= 15 is 0 Å². The van der Waals surface area contributed by atoms with Crippen LogP contribution < -0.4 is 5.32 Å². The Morgan fingerprint density at radius 2 is 1.61 bits per heavy atom. The highest BCUT2D eigenvalue weighted by molar-refractivity contribution is 7.89. The zero-order chi connectivity index (χ0) is 20.9. The molecule has 0 aromatic heterocycles. The van der Waals surface area contributed by atoms with E-state index in [4.69, 9.17) is 0 Å². The lowest BCUT2D eigenvalue weighted by Gasteiger charge is -2.17. The highest BCUT2D eigenvalue weighted by atomic mass is 32.2. The number of likely N-dealkylation sites (N-methyl/N-ethyl adjacent to an activating group) is 1. The monoisotopic (exact) mass is 418 g/mol. The lowest BCUT2D eigenvalue weighted by atomic mass is 10.1. The van der Waals surface area contributed by atoms with Crippen LogP contribution in [0.25, 0.3) is 0 Å². The molecule has 0 unspecified atom stereocenters. The summed E-state index contributed by atoms with van der Waals surface area (Å²) in [6, 6.07) is 8.77. The highest BCUT2D eigenvalue weighted by Gasteiger charge is 2.29. The van der Waals surface area contributed by atoms with Gasteiger partial charge in [-0.2, -0.15) is 17.5 Å². The molecule has 0 saturated carbocycles. The summed E-state index contributed by atoms with van der Waals surface area (Å²) < 4.78 is 75.9. The second-order valence-electron chi connectivity index (χ2n) is 6.01. The van der Waals surface area contributed by atoms with Crippen LogP contribution in [0.1, 0.15) is 11.1 Å². The molecule has 5 nitrogen and oxygen atoms in total. The summed E-state index contributed by atoms with van der Waals surface area (Å²) in [6.07, 6.45) is -4.12. The summed E-state index contributed by atoms with van der Waals surface area (Å²) in [6.45, 7) is -0.318. The molecule has 0 fully saturated rings. The maximum absolute atomic E-state index is 12.9. The number of carbonyl (C=O) groups is 1. The van der Waals surface area contributed by atoms with Gasteiger partial charge in [-0.3, -0.25) is 4.79 Å². The molecule has 2 aromatic rings. The maximum Gasteiger partial charge on any atom is 0.416 e. The Bertz CT molecular complexity index is 911. The first-order valence-corrected chi connectivity index (χ1v) is 9.59. The van der Waals surface area contributed by atoms with Gasteiger partial charge in [0.15, 0.2) is 0 Å². The fourth-order valence-electron chi connectivity index (χ4n) is 2.34. The van der Waals surface area contributed by atoms with Gasteiger partial charge in [0, 0.05) is 13.6 Å². The van der Waals surface area contributed by atoms with Crippen molar-refractivity contribution in [2.24, 2.45) is 0 Å². The third-order valence-corrected chi connectivity index (χ3v) is 5.72. The summed E-state index contributed by atoms with van der Waals surface area (Å²) in [5.74, 6) is -1.15. The number of halogens is 4. The smallest absolute Gasteiger partial charge is 0.355 e. The third-order valence-electron chi connectivity index (χ3n) is 3.91. The zero-order valence-corrected chi connectivity index (χ0v) is 15.6. The number of hydrogen-bond donors (Lipinski definition) is 1. The van der Waals surface area contributed by atoms with Crippen LogP contribution in [0.4, 0.5) is 17.6 Å². The average Bonchev–Trinajstić information content (AvgIpc) is 2.61. The Morgan fingerprint density at radius 1 is 1.04 bits per heavy atom. The number of nitrogens with zero attached hydrogens (tertiary/aromatic N) is 1. The second kappa shape index (κ2) is 8.70. The number of benzene rings is 2. The first kappa shape index (κ1) is 21.8. The Labute approximate surface area is 160 Å². The first-order chi connectivity index (χ1) is 13.0. The van der Waals surface area contributed by atoms with Crippen molar-refractivity contribution >= 4 is 15.9 Å². The number of carbonyl (C=O) groups excluding carboxylic acids is 1. The van der Waals surface area contributed by atoms with Gasteiger partial charge in [0.05, 0.1) is 17.0 Å². The highest BCUT2D eigenvalue weighted by Crippen LogP contribution is 2.29. The van der Waals surface area contributed by atoms with Crippen molar-refractivity contribution in [1.82, 2.24) is 9.62 Å². The molecule has 152 valence electrons. The standard InChI is InChI=1S/C18H18F4N2O3S/c1-24(28(26,27)16-8-6-15(19)7-9-16)12-17(25)23-11-10-13-2-4-14(5-3-13)18(20,21)22/h2-9H,10-12H2,1H3,(H,23,25). The predicted octanol–water partition coefficient (Wildman–Crippen LogP) is 2.82. The van der Waals surface area contributed by atoms with E-state index in [1.54, 1.807) is 0 Å². The van der Waals surface area contributed by atoms with Crippen molar-refractivity contribution in [2.45, 2.75) is 17.5 Å². The van der Waals surface area contributed by atoms with E-state index in [1.807, 2.05) is 0 Å². The SMILES string of the molecule is CN(CC(=O)NCCc1ccc(C(F)(F)F)cc1)S(=O)(=O)c1ccc(F)cc1. The third kappa shape index (κ3) is 5.77. The summed E-state index contributed by atoms with van der Waals surface area (Å²) in [5, 5.41) is 2.51.